The number of nitrogens with one attached hydrogen (secondary N) is 1. The van der Waals surface area contributed by atoms with Crippen LogP contribution in [0.1, 0.15) is 66.7 Å². The van der Waals surface area contributed by atoms with Gasteiger partial charge in [0.05, 0.1) is 0 Å². The number of nitrogens with zero attached hydrogens (tertiary/aromatic N) is 1. The van der Waals surface area contributed by atoms with Crippen LogP contribution in [-0.4, -0.2) is 36.1 Å². The van der Waals surface area contributed by atoms with Crippen molar-refractivity contribution in [2.45, 2.75) is 84.8 Å². The van der Waals surface area contributed by atoms with E-state index >= 15 is 0 Å². The fraction of sp³-hybridized carbons (Fsp3) is 1.00. The molecule has 2 fully saturated rings. The van der Waals surface area contributed by atoms with Crippen LogP contribution in [0.4, 0.5) is 0 Å². The third-order valence-electron chi connectivity index (χ3n) is 5.26. The monoisotopic (exact) mass is 280 g/mol. The Bertz CT molecular complexity index is 285. The normalized spacial score (nSPS) is 35.0. The minimum Gasteiger partial charge on any atom is -0.313 e. The summed E-state index contributed by atoms with van der Waals surface area (Å²) in [6, 6.07) is 2.39. The molecule has 2 saturated carbocycles. The zero-order valence-corrected chi connectivity index (χ0v) is 14.4. The molecule has 4 atom stereocenters. The molecular formula is C18H36N2. The summed E-state index contributed by atoms with van der Waals surface area (Å²) < 4.78 is 0. The highest BCUT2D eigenvalue weighted by atomic mass is 15.2. The van der Waals surface area contributed by atoms with Crippen LogP contribution in [0.3, 0.4) is 0 Å². The van der Waals surface area contributed by atoms with Gasteiger partial charge in [-0.25, -0.2) is 0 Å². The smallest absolute Gasteiger partial charge is 0.0278 e. The lowest BCUT2D eigenvalue weighted by Gasteiger charge is -2.46. The van der Waals surface area contributed by atoms with E-state index in [2.05, 4.69) is 44.8 Å². The lowest BCUT2D eigenvalue weighted by atomic mass is 9.75. The Kier molecular flexibility index (Phi) is 5.92. The molecule has 2 rings (SSSR count). The minimum atomic E-state index is 0.714. The third-order valence-corrected chi connectivity index (χ3v) is 5.26. The lowest BCUT2D eigenvalue weighted by Crippen LogP contribution is -2.57. The number of hydrogen-bond acceptors (Lipinski definition) is 2. The summed E-state index contributed by atoms with van der Waals surface area (Å²) in [5.41, 5.74) is 0. The van der Waals surface area contributed by atoms with Crippen molar-refractivity contribution in [3.05, 3.63) is 0 Å². The average Bonchev–Trinajstić information content (AvgIpc) is 3.16. The first-order valence-corrected chi connectivity index (χ1v) is 9.02. The van der Waals surface area contributed by atoms with Crippen LogP contribution in [0.5, 0.6) is 0 Å². The fourth-order valence-electron chi connectivity index (χ4n) is 4.25. The average molecular weight is 281 g/mol. The third kappa shape index (κ3) is 4.21. The summed E-state index contributed by atoms with van der Waals surface area (Å²) in [5.74, 6) is 2.55. The largest absolute Gasteiger partial charge is 0.313 e. The molecule has 0 spiro atoms. The Hall–Kier alpha value is -0.0800. The summed E-state index contributed by atoms with van der Waals surface area (Å²) in [7, 11) is 0. The first kappa shape index (κ1) is 16.3. The van der Waals surface area contributed by atoms with Gasteiger partial charge in [-0.05, 0) is 62.9 Å². The molecule has 0 heterocycles. The molecule has 2 heteroatoms. The van der Waals surface area contributed by atoms with Gasteiger partial charge in [-0.1, -0.05) is 34.6 Å². The summed E-state index contributed by atoms with van der Waals surface area (Å²) in [6.45, 7) is 14.3. The van der Waals surface area contributed by atoms with Crippen LogP contribution >= 0.6 is 0 Å². The van der Waals surface area contributed by atoms with Gasteiger partial charge in [-0.2, -0.15) is 0 Å². The fourth-order valence-corrected chi connectivity index (χ4v) is 4.25. The number of rotatable bonds is 7. The van der Waals surface area contributed by atoms with Gasteiger partial charge in [0.1, 0.15) is 0 Å². The molecule has 0 aromatic carbocycles. The molecule has 2 aliphatic rings. The molecule has 2 aliphatic carbocycles. The van der Waals surface area contributed by atoms with Gasteiger partial charge in [-0.3, -0.25) is 4.90 Å². The lowest BCUT2D eigenvalue weighted by molar-refractivity contribution is 0.0523. The van der Waals surface area contributed by atoms with Crippen LogP contribution in [0, 0.1) is 17.8 Å². The second-order valence-corrected chi connectivity index (χ2v) is 7.86. The molecule has 0 aromatic rings. The topological polar surface area (TPSA) is 15.3 Å². The Morgan fingerprint density at radius 3 is 2.40 bits per heavy atom. The van der Waals surface area contributed by atoms with Gasteiger partial charge in [0, 0.05) is 18.1 Å². The molecule has 4 unspecified atom stereocenters. The van der Waals surface area contributed by atoms with E-state index in [1.165, 1.54) is 38.6 Å². The van der Waals surface area contributed by atoms with Gasteiger partial charge in [0.15, 0.2) is 0 Å². The van der Waals surface area contributed by atoms with Gasteiger partial charge in [0.2, 0.25) is 0 Å². The van der Waals surface area contributed by atoms with Crippen LogP contribution in [0.2, 0.25) is 0 Å². The predicted octanol–water partition coefficient (Wildman–Crippen LogP) is 3.91. The molecular weight excluding hydrogens is 244 g/mol. The second kappa shape index (κ2) is 7.26. The van der Waals surface area contributed by atoms with Crippen molar-refractivity contribution in [3.8, 4) is 0 Å². The Morgan fingerprint density at radius 1 is 1.15 bits per heavy atom. The molecule has 0 radical (unpaired) electrons. The standard InChI is InChI=1S/C18H36N2/c1-6-19-17-12-14(4)11-15(5)18(17)20(16-7-8-16)10-9-13(2)3/h13-19H,6-12H2,1-5H3. The van der Waals surface area contributed by atoms with Gasteiger partial charge >= 0.3 is 0 Å². The highest BCUT2D eigenvalue weighted by molar-refractivity contribution is 4.99. The van der Waals surface area contributed by atoms with E-state index in [4.69, 9.17) is 0 Å². The van der Waals surface area contributed by atoms with Crippen molar-refractivity contribution in [2.75, 3.05) is 13.1 Å². The Labute approximate surface area is 126 Å². The van der Waals surface area contributed by atoms with E-state index in [-0.39, 0.29) is 0 Å². The number of hydrogen-bond donors (Lipinski definition) is 1. The molecule has 118 valence electrons. The maximum Gasteiger partial charge on any atom is 0.0278 e. The van der Waals surface area contributed by atoms with E-state index in [9.17, 15) is 0 Å². The van der Waals surface area contributed by atoms with E-state index in [0.717, 1.165) is 36.4 Å². The highest BCUT2D eigenvalue weighted by Gasteiger charge is 2.42. The van der Waals surface area contributed by atoms with Crippen molar-refractivity contribution in [3.63, 3.8) is 0 Å². The Morgan fingerprint density at radius 2 is 1.85 bits per heavy atom. The highest BCUT2D eigenvalue weighted by Crippen LogP contribution is 2.38. The minimum absolute atomic E-state index is 0.714. The molecule has 0 saturated heterocycles. The van der Waals surface area contributed by atoms with E-state index in [1.54, 1.807) is 0 Å². The Balaban J connectivity index is 2.06. The summed E-state index contributed by atoms with van der Waals surface area (Å²) in [5, 5.41) is 3.80. The van der Waals surface area contributed by atoms with Crippen LogP contribution in [-0.2, 0) is 0 Å². The van der Waals surface area contributed by atoms with Gasteiger partial charge in [0.25, 0.3) is 0 Å². The molecule has 0 amide bonds. The van der Waals surface area contributed by atoms with Crippen LogP contribution < -0.4 is 5.32 Å². The maximum atomic E-state index is 3.80. The first-order chi connectivity index (χ1) is 9.52. The molecule has 2 nitrogen and oxygen atoms in total. The maximum absolute atomic E-state index is 3.80. The predicted molar refractivity (Wildman–Crippen MR) is 88.0 cm³/mol. The second-order valence-electron chi connectivity index (χ2n) is 7.86. The summed E-state index contributed by atoms with van der Waals surface area (Å²) >= 11 is 0. The quantitative estimate of drug-likeness (QED) is 0.760. The zero-order chi connectivity index (χ0) is 14.7. The zero-order valence-electron chi connectivity index (χ0n) is 14.4. The van der Waals surface area contributed by atoms with Crippen LogP contribution in [0.15, 0.2) is 0 Å². The first-order valence-electron chi connectivity index (χ1n) is 9.02. The van der Waals surface area contributed by atoms with Crippen molar-refractivity contribution < 1.29 is 0 Å². The molecule has 0 bridgehead atoms. The SMILES string of the molecule is CCNC1CC(C)CC(C)C1N(CCC(C)C)C1CC1. The molecule has 20 heavy (non-hydrogen) atoms. The molecule has 0 aromatic heterocycles. The summed E-state index contributed by atoms with van der Waals surface area (Å²) in [4.78, 5) is 2.89. The van der Waals surface area contributed by atoms with Gasteiger partial charge < -0.3 is 5.32 Å². The van der Waals surface area contributed by atoms with Gasteiger partial charge in [-0.15, -0.1) is 0 Å². The van der Waals surface area contributed by atoms with Crippen LogP contribution in [0.25, 0.3) is 0 Å². The van der Waals surface area contributed by atoms with E-state index in [0.29, 0.717) is 6.04 Å². The van der Waals surface area contributed by atoms with Crippen molar-refractivity contribution in [1.82, 2.24) is 10.2 Å². The van der Waals surface area contributed by atoms with Crippen molar-refractivity contribution >= 4 is 0 Å². The number of likely N-dealkylation sites (N-methyl/N-ethyl adjacent to an activating group) is 1. The molecule has 0 aliphatic heterocycles. The summed E-state index contributed by atoms with van der Waals surface area (Å²) in [6.07, 6.45) is 7.02. The van der Waals surface area contributed by atoms with E-state index in [1.807, 2.05) is 0 Å². The van der Waals surface area contributed by atoms with E-state index < -0.39 is 0 Å². The molecule has 1 N–H and O–H groups in total. The van der Waals surface area contributed by atoms with Crippen molar-refractivity contribution in [2.24, 2.45) is 17.8 Å². The van der Waals surface area contributed by atoms with Crippen molar-refractivity contribution in [1.29, 1.82) is 0 Å².